The second-order valence-corrected chi connectivity index (χ2v) is 11.3. The molecule has 2 heterocycles. The van der Waals surface area contributed by atoms with Crippen LogP contribution in [0.4, 0.5) is 10.5 Å². The average Bonchev–Trinajstić information content (AvgIpc) is 3.38. The lowest BCUT2D eigenvalue weighted by atomic mass is 9.89. The lowest BCUT2D eigenvalue weighted by molar-refractivity contribution is -0.120. The Bertz CT molecular complexity index is 1530. The molecule has 0 radical (unpaired) electrons. The Morgan fingerprint density at radius 3 is 2.55 bits per heavy atom. The number of carbonyl (C=O) groups excluding carboxylic acids is 2. The summed E-state index contributed by atoms with van der Waals surface area (Å²) in [5, 5.41) is 12.6. The summed E-state index contributed by atoms with van der Waals surface area (Å²) in [5.74, 6) is -0.791. The first-order chi connectivity index (χ1) is 18.2. The summed E-state index contributed by atoms with van der Waals surface area (Å²) in [4.78, 5) is 28.1. The van der Waals surface area contributed by atoms with E-state index in [2.05, 4.69) is 10.0 Å². The van der Waals surface area contributed by atoms with Crippen molar-refractivity contribution < 1.29 is 22.7 Å². The summed E-state index contributed by atoms with van der Waals surface area (Å²) in [7, 11) is -4.20. The molecule has 194 valence electrons. The number of carbonyl (C=O) groups is 2. The second-order valence-electron chi connectivity index (χ2n) is 9.12. The molecular weight excluding hydrogens is 528 g/mol. The Labute approximate surface area is 225 Å². The number of benzene rings is 3. The van der Waals surface area contributed by atoms with Crippen molar-refractivity contribution in [2.75, 3.05) is 18.0 Å². The van der Waals surface area contributed by atoms with Crippen LogP contribution in [0.5, 0.6) is 0 Å². The summed E-state index contributed by atoms with van der Waals surface area (Å²) in [6.45, 7) is 0.987. The van der Waals surface area contributed by atoms with Crippen LogP contribution in [-0.2, 0) is 31.6 Å². The fourth-order valence-electron chi connectivity index (χ4n) is 4.78. The lowest BCUT2D eigenvalue weighted by Crippen LogP contribution is -2.56. The van der Waals surface area contributed by atoms with E-state index in [1.165, 1.54) is 24.3 Å². The zero-order valence-electron chi connectivity index (χ0n) is 20.1. The van der Waals surface area contributed by atoms with Gasteiger partial charge in [0.25, 0.3) is 5.91 Å². The van der Waals surface area contributed by atoms with Crippen LogP contribution in [0.2, 0.25) is 5.02 Å². The molecule has 0 aliphatic carbocycles. The van der Waals surface area contributed by atoms with Crippen molar-refractivity contribution in [1.29, 1.82) is 5.26 Å². The zero-order chi connectivity index (χ0) is 26.9. The number of nitrogens with one attached hydrogen (secondary N) is 2. The molecule has 3 aromatic carbocycles. The molecule has 0 saturated carbocycles. The number of fused-ring (bicyclic) bond motifs is 2. The molecular formula is C27H23ClN4O5S. The number of rotatable bonds is 6. The maximum absolute atomic E-state index is 14.0. The fourth-order valence-corrected chi connectivity index (χ4v) is 6.14. The number of sulfonamides is 1. The van der Waals surface area contributed by atoms with E-state index in [-0.39, 0.29) is 11.3 Å². The molecule has 1 spiro atoms. The average molecular weight is 551 g/mol. The number of imide groups is 1. The molecule has 3 aromatic rings. The van der Waals surface area contributed by atoms with Gasteiger partial charge in [-0.05, 0) is 61.0 Å². The van der Waals surface area contributed by atoms with Crippen molar-refractivity contribution in [3.63, 3.8) is 0 Å². The Kier molecular flexibility index (Phi) is 6.94. The summed E-state index contributed by atoms with van der Waals surface area (Å²) < 4.78 is 34.9. The van der Waals surface area contributed by atoms with Gasteiger partial charge in [0.2, 0.25) is 10.0 Å². The molecule has 2 unspecified atom stereocenters. The Balaban J connectivity index is 1.54. The van der Waals surface area contributed by atoms with Crippen LogP contribution in [0.15, 0.2) is 77.7 Å². The predicted molar refractivity (Wildman–Crippen MR) is 140 cm³/mol. The van der Waals surface area contributed by atoms with Crippen LogP contribution in [0, 0.1) is 11.3 Å². The van der Waals surface area contributed by atoms with E-state index in [0.717, 1.165) is 4.90 Å². The molecule has 1 fully saturated rings. The predicted octanol–water partition coefficient (Wildman–Crippen LogP) is 3.47. The zero-order valence-corrected chi connectivity index (χ0v) is 21.6. The van der Waals surface area contributed by atoms with Gasteiger partial charge in [-0.2, -0.15) is 9.98 Å². The number of amides is 2. The van der Waals surface area contributed by atoms with Gasteiger partial charge in [0.05, 0.1) is 22.2 Å². The SMILES string of the molecule is N#Cc1ccc(S(=O)(=O)NC(Cc2ccccc2)C(=O)N2C(=O)OC3(CCNC3)c3cc(Cl)ccc32)cc1. The third-order valence-electron chi connectivity index (χ3n) is 6.66. The van der Waals surface area contributed by atoms with E-state index in [1.54, 1.807) is 48.5 Å². The van der Waals surface area contributed by atoms with Gasteiger partial charge in [-0.3, -0.25) is 4.79 Å². The molecule has 0 bridgehead atoms. The number of ether oxygens (including phenoxy) is 1. The molecule has 9 nitrogen and oxygen atoms in total. The highest BCUT2D eigenvalue weighted by atomic mass is 35.5. The smallest absolute Gasteiger partial charge is 0.422 e. The van der Waals surface area contributed by atoms with Gasteiger partial charge in [-0.25, -0.2) is 18.1 Å². The number of halogens is 1. The first kappa shape index (κ1) is 25.9. The van der Waals surface area contributed by atoms with E-state index < -0.39 is 33.7 Å². The van der Waals surface area contributed by atoms with E-state index in [0.29, 0.717) is 46.9 Å². The van der Waals surface area contributed by atoms with Crippen LogP contribution in [0.3, 0.4) is 0 Å². The molecule has 11 heteroatoms. The van der Waals surface area contributed by atoms with Crippen molar-refractivity contribution in [1.82, 2.24) is 10.0 Å². The maximum atomic E-state index is 14.0. The van der Waals surface area contributed by atoms with Crippen molar-refractivity contribution in [3.8, 4) is 6.07 Å². The molecule has 2 N–H and O–H groups in total. The minimum atomic E-state index is -4.20. The van der Waals surface area contributed by atoms with Crippen molar-refractivity contribution in [3.05, 3.63) is 94.5 Å². The summed E-state index contributed by atoms with van der Waals surface area (Å²) >= 11 is 6.27. The molecule has 2 aliphatic rings. The van der Waals surface area contributed by atoms with Gasteiger partial charge in [-0.15, -0.1) is 0 Å². The van der Waals surface area contributed by atoms with E-state index in [4.69, 9.17) is 21.6 Å². The molecule has 5 rings (SSSR count). The topological polar surface area (TPSA) is 129 Å². The van der Waals surface area contributed by atoms with E-state index in [1.807, 2.05) is 6.07 Å². The minimum Gasteiger partial charge on any atom is -0.436 e. The monoisotopic (exact) mass is 550 g/mol. The van der Waals surface area contributed by atoms with Crippen LogP contribution in [0.25, 0.3) is 0 Å². The van der Waals surface area contributed by atoms with E-state index in [9.17, 15) is 18.0 Å². The third-order valence-corrected chi connectivity index (χ3v) is 8.39. The standard InChI is InChI=1S/C27H23ClN4O5S/c28-20-8-11-24-22(15-20)27(12-13-30-17-27)37-26(34)32(24)25(33)23(14-18-4-2-1-3-5-18)31-38(35,36)21-9-6-19(16-29)7-10-21/h1-11,15,23,30-31H,12-14,17H2. The minimum absolute atomic E-state index is 0.0193. The lowest BCUT2D eigenvalue weighted by Gasteiger charge is -2.40. The van der Waals surface area contributed by atoms with Gasteiger partial charge in [0.1, 0.15) is 6.04 Å². The summed E-state index contributed by atoms with van der Waals surface area (Å²) in [5.41, 5.74) is 0.894. The van der Waals surface area contributed by atoms with Gasteiger partial charge >= 0.3 is 6.09 Å². The van der Waals surface area contributed by atoms with Crippen LogP contribution >= 0.6 is 11.6 Å². The van der Waals surface area contributed by atoms with Gasteiger partial charge in [0.15, 0.2) is 5.60 Å². The van der Waals surface area contributed by atoms with E-state index >= 15 is 0 Å². The first-order valence-electron chi connectivity index (χ1n) is 11.9. The highest BCUT2D eigenvalue weighted by Crippen LogP contribution is 2.44. The van der Waals surface area contributed by atoms with Gasteiger partial charge in [0, 0.05) is 23.6 Å². The van der Waals surface area contributed by atoms with Crippen LogP contribution < -0.4 is 14.9 Å². The number of hydrogen-bond donors (Lipinski definition) is 2. The third kappa shape index (κ3) is 4.89. The molecule has 38 heavy (non-hydrogen) atoms. The fraction of sp³-hybridized carbons (Fsp3) is 0.222. The maximum Gasteiger partial charge on any atom is 0.422 e. The molecule has 2 aliphatic heterocycles. The number of hydrogen-bond acceptors (Lipinski definition) is 7. The highest BCUT2D eigenvalue weighted by molar-refractivity contribution is 7.89. The van der Waals surface area contributed by atoms with Gasteiger partial charge in [-0.1, -0.05) is 41.9 Å². The van der Waals surface area contributed by atoms with Crippen LogP contribution in [0.1, 0.15) is 23.1 Å². The number of nitriles is 1. The Morgan fingerprint density at radius 2 is 1.89 bits per heavy atom. The molecule has 1 saturated heterocycles. The van der Waals surface area contributed by atoms with Crippen molar-refractivity contribution >= 4 is 39.3 Å². The molecule has 2 amide bonds. The van der Waals surface area contributed by atoms with Crippen molar-refractivity contribution in [2.24, 2.45) is 0 Å². The Morgan fingerprint density at radius 1 is 1.16 bits per heavy atom. The van der Waals surface area contributed by atoms with Crippen LogP contribution in [-0.4, -0.2) is 39.5 Å². The highest BCUT2D eigenvalue weighted by Gasteiger charge is 2.50. The molecule has 0 aromatic heterocycles. The number of nitrogens with zero attached hydrogens (tertiary/aromatic N) is 2. The largest absolute Gasteiger partial charge is 0.436 e. The van der Waals surface area contributed by atoms with Gasteiger partial charge < -0.3 is 10.1 Å². The number of anilines is 1. The molecule has 2 atom stereocenters. The van der Waals surface area contributed by atoms with Crippen molar-refractivity contribution in [2.45, 2.75) is 29.4 Å². The summed E-state index contributed by atoms with van der Waals surface area (Å²) in [6.07, 6.45) is -0.397. The quantitative estimate of drug-likeness (QED) is 0.481. The first-order valence-corrected chi connectivity index (χ1v) is 13.7. The Hall–Kier alpha value is -3.75. The second kappa shape index (κ2) is 10.2. The summed E-state index contributed by atoms with van der Waals surface area (Å²) in [6, 6.07) is 19.6. The normalized spacial score (nSPS) is 19.5.